The second-order valence-electron chi connectivity index (χ2n) is 6.90. The van der Waals surface area contributed by atoms with Crippen LogP contribution in [-0.2, 0) is 14.3 Å². The summed E-state index contributed by atoms with van der Waals surface area (Å²) in [6.45, 7) is 0.722. The predicted octanol–water partition coefficient (Wildman–Crippen LogP) is 3.02. The van der Waals surface area contributed by atoms with Crippen molar-refractivity contribution in [1.29, 1.82) is 0 Å². The number of esters is 1. The summed E-state index contributed by atoms with van der Waals surface area (Å²) in [5.41, 5.74) is 1.35. The molecule has 152 valence electrons. The molecule has 0 N–H and O–H groups in total. The second-order valence-corrected chi connectivity index (χ2v) is 6.90. The summed E-state index contributed by atoms with van der Waals surface area (Å²) in [7, 11) is 1.64. The van der Waals surface area contributed by atoms with Gasteiger partial charge in [0.05, 0.1) is 10.8 Å². The fourth-order valence-electron chi connectivity index (χ4n) is 3.39. The van der Waals surface area contributed by atoms with Crippen LogP contribution >= 0.6 is 0 Å². The lowest BCUT2D eigenvalue weighted by molar-refractivity contribution is -0.384. The number of likely N-dealkylation sites (N-methyl/N-ethyl adjacent to an activating group) is 1. The summed E-state index contributed by atoms with van der Waals surface area (Å²) in [6.07, 6.45) is 1.04. The minimum Gasteiger partial charge on any atom is -0.455 e. The highest BCUT2D eigenvalue weighted by atomic mass is 16.6. The van der Waals surface area contributed by atoms with Gasteiger partial charge in [-0.15, -0.1) is 0 Å². The van der Waals surface area contributed by atoms with Crippen molar-refractivity contribution in [2.75, 3.05) is 36.5 Å². The average Bonchev–Trinajstić information content (AvgIpc) is 2.77. The maximum atomic E-state index is 12.4. The van der Waals surface area contributed by atoms with Gasteiger partial charge in [0.2, 0.25) is 0 Å². The SMILES string of the molecule is CN(C(=O)COC(=O)C1CCN(c2ccccc2[N+](=O)[O-])CC1)c1ccccc1. The van der Waals surface area contributed by atoms with E-state index in [1.807, 2.05) is 23.1 Å². The highest BCUT2D eigenvalue weighted by molar-refractivity contribution is 5.94. The fourth-order valence-corrected chi connectivity index (χ4v) is 3.39. The molecule has 8 nitrogen and oxygen atoms in total. The third-order valence-corrected chi connectivity index (χ3v) is 5.10. The Morgan fingerprint density at radius 2 is 1.72 bits per heavy atom. The van der Waals surface area contributed by atoms with E-state index in [9.17, 15) is 19.7 Å². The number of nitrogens with zero attached hydrogens (tertiary/aromatic N) is 3. The van der Waals surface area contributed by atoms with E-state index in [0.29, 0.717) is 31.6 Å². The van der Waals surface area contributed by atoms with Gasteiger partial charge >= 0.3 is 5.97 Å². The van der Waals surface area contributed by atoms with E-state index >= 15 is 0 Å². The standard InChI is InChI=1S/C21H23N3O5/c1-22(17-7-3-2-4-8-17)20(25)15-29-21(26)16-11-13-23(14-12-16)18-9-5-6-10-19(18)24(27)28/h2-10,16H,11-15H2,1H3. The third kappa shape index (κ3) is 4.90. The summed E-state index contributed by atoms with van der Waals surface area (Å²) in [5, 5.41) is 11.2. The average molecular weight is 397 g/mol. The number of rotatable bonds is 6. The van der Waals surface area contributed by atoms with Crippen LogP contribution in [0.25, 0.3) is 0 Å². The van der Waals surface area contributed by atoms with Gasteiger partial charge in [-0.2, -0.15) is 0 Å². The van der Waals surface area contributed by atoms with Crippen molar-refractivity contribution in [3.8, 4) is 0 Å². The molecule has 2 aromatic rings. The second kappa shape index (κ2) is 9.18. The van der Waals surface area contributed by atoms with Crippen molar-refractivity contribution in [3.05, 3.63) is 64.7 Å². The van der Waals surface area contributed by atoms with Gasteiger partial charge < -0.3 is 14.5 Å². The molecule has 0 bridgehead atoms. The van der Waals surface area contributed by atoms with Crippen LogP contribution < -0.4 is 9.80 Å². The summed E-state index contributed by atoms with van der Waals surface area (Å²) >= 11 is 0. The molecule has 1 fully saturated rings. The van der Waals surface area contributed by atoms with Crippen LogP contribution in [0.1, 0.15) is 12.8 Å². The number of hydrogen-bond acceptors (Lipinski definition) is 6. The Bertz CT molecular complexity index is 879. The molecular weight excluding hydrogens is 374 g/mol. The molecule has 0 atom stereocenters. The van der Waals surface area contributed by atoms with Gasteiger partial charge in [0.25, 0.3) is 11.6 Å². The molecule has 1 saturated heterocycles. The number of nitro groups is 1. The van der Waals surface area contributed by atoms with Crippen LogP contribution in [0.15, 0.2) is 54.6 Å². The molecule has 3 rings (SSSR count). The number of hydrogen-bond donors (Lipinski definition) is 0. The number of para-hydroxylation sites is 3. The molecule has 0 radical (unpaired) electrons. The van der Waals surface area contributed by atoms with Gasteiger partial charge in [0.1, 0.15) is 5.69 Å². The number of piperidine rings is 1. The first kappa shape index (κ1) is 20.3. The molecule has 8 heteroatoms. The Morgan fingerprint density at radius 3 is 2.38 bits per heavy atom. The van der Waals surface area contributed by atoms with Crippen LogP contribution in [0, 0.1) is 16.0 Å². The van der Waals surface area contributed by atoms with E-state index in [4.69, 9.17) is 4.74 Å². The lowest BCUT2D eigenvalue weighted by atomic mass is 9.96. The van der Waals surface area contributed by atoms with Crippen molar-refractivity contribution in [2.45, 2.75) is 12.8 Å². The molecule has 29 heavy (non-hydrogen) atoms. The first-order chi connectivity index (χ1) is 14.0. The highest BCUT2D eigenvalue weighted by Gasteiger charge is 2.29. The number of ether oxygens (including phenoxy) is 1. The van der Waals surface area contributed by atoms with Crippen LogP contribution in [0.4, 0.5) is 17.1 Å². The molecule has 0 aromatic heterocycles. The van der Waals surface area contributed by atoms with Gasteiger partial charge in [0, 0.05) is 31.9 Å². The molecule has 2 aromatic carbocycles. The lowest BCUT2D eigenvalue weighted by Crippen LogP contribution is -2.38. The first-order valence-corrected chi connectivity index (χ1v) is 9.44. The number of benzene rings is 2. The molecular formula is C21H23N3O5. The van der Waals surface area contributed by atoms with E-state index in [-0.39, 0.29) is 24.1 Å². The third-order valence-electron chi connectivity index (χ3n) is 5.10. The van der Waals surface area contributed by atoms with Gasteiger partial charge in [-0.3, -0.25) is 19.7 Å². The van der Waals surface area contributed by atoms with E-state index in [1.54, 1.807) is 37.4 Å². The Kier molecular flexibility index (Phi) is 6.43. The van der Waals surface area contributed by atoms with E-state index in [0.717, 1.165) is 5.69 Å². The zero-order valence-electron chi connectivity index (χ0n) is 16.2. The number of anilines is 2. The van der Waals surface area contributed by atoms with Crippen molar-refractivity contribution >= 4 is 28.9 Å². The summed E-state index contributed by atoms with van der Waals surface area (Å²) in [5.74, 6) is -1.02. The Balaban J connectivity index is 1.50. The summed E-state index contributed by atoms with van der Waals surface area (Å²) in [4.78, 5) is 38.8. The Morgan fingerprint density at radius 1 is 1.10 bits per heavy atom. The normalized spacial score (nSPS) is 14.3. The summed E-state index contributed by atoms with van der Waals surface area (Å²) in [6, 6.07) is 15.7. The fraction of sp³-hybridized carbons (Fsp3) is 0.333. The van der Waals surface area contributed by atoms with Crippen LogP contribution in [-0.4, -0.2) is 43.5 Å². The van der Waals surface area contributed by atoms with Gasteiger partial charge in [0.15, 0.2) is 6.61 Å². The van der Waals surface area contributed by atoms with Crippen LogP contribution in [0.5, 0.6) is 0 Å². The Labute approximate surface area is 168 Å². The van der Waals surface area contributed by atoms with Crippen molar-refractivity contribution in [1.82, 2.24) is 0 Å². The minimum absolute atomic E-state index is 0.0584. The smallest absolute Gasteiger partial charge is 0.309 e. The quantitative estimate of drug-likeness (QED) is 0.423. The maximum absolute atomic E-state index is 12.4. The van der Waals surface area contributed by atoms with Crippen LogP contribution in [0.3, 0.4) is 0 Å². The van der Waals surface area contributed by atoms with Crippen molar-refractivity contribution in [2.24, 2.45) is 5.92 Å². The zero-order valence-corrected chi connectivity index (χ0v) is 16.2. The molecule has 0 saturated carbocycles. The number of carbonyl (C=O) groups excluding carboxylic acids is 2. The van der Waals surface area contributed by atoms with E-state index < -0.39 is 10.9 Å². The number of carbonyl (C=O) groups is 2. The maximum Gasteiger partial charge on any atom is 0.309 e. The molecule has 0 unspecified atom stereocenters. The van der Waals surface area contributed by atoms with E-state index in [1.165, 1.54) is 11.0 Å². The predicted molar refractivity (Wildman–Crippen MR) is 109 cm³/mol. The molecule has 1 amide bonds. The molecule has 1 heterocycles. The monoisotopic (exact) mass is 397 g/mol. The first-order valence-electron chi connectivity index (χ1n) is 9.44. The van der Waals surface area contributed by atoms with Crippen LogP contribution in [0.2, 0.25) is 0 Å². The van der Waals surface area contributed by atoms with Gasteiger partial charge in [-0.25, -0.2) is 0 Å². The highest BCUT2D eigenvalue weighted by Crippen LogP contribution is 2.31. The topological polar surface area (TPSA) is 93.0 Å². The molecule has 0 aliphatic carbocycles. The zero-order chi connectivity index (χ0) is 20.8. The number of nitro benzene ring substituents is 1. The largest absolute Gasteiger partial charge is 0.455 e. The minimum atomic E-state index is -0.401. The van der Waals surface area contributed by atoms with Gasteiger partial charge in [-0.1, -0.05) is 30.3 Å². The van der Waals surface area contributed by atoms with Gasteiger partial charge in [-0.05, 0) is 31.0 Å². The molecule has 1 aliphatic heterocycles. The van der Waals surface area contributed by atoms with Crippen molar-refractivity contribution < 1.29 is 19.2 Å². The summed E-state index contributed by atoms with van der Waals surface area (Å²) < 4.78 is 5.23. The molecule has 0 spiro atoms. The number of amides is 1. The Hall–Kier alpha value is -3.42. The lowest BCUT2D eigenvalue weighted by Gasteiger charge is -2.32. The van der Waals surface area contributed by atoms with Crippen molar-refractivity contribution in [3.63, 3.8) is 0 Å². The molecule has 1 aliphatic rings. The van der Waals surface area contributed by atoms with E-state index in [2.05, 4.69) is 0 Å².